The largest absolute Gasteiger partial charge is 0.313 e. The molecule has 0 amide bonds. The fourth-order valence-corrected chi connectivity index (χ4v) is 4.36. The Morgan fingerprint density at radius 1 is 1.38 bits per heavy atom. The third-order valence-electron chi connectivity index (χ3n) is 3.85. The van der Waals surface area contributed by atoms with E-state index in [-0.39, 0.29) is 12.1 Å². The summed E-state index contributed by atoms with van der Waals surface area (Å²) in [6.07, 6.45) is 0. The molecule has 0 spiro atoms. The van der Waals surface area contributed by atoms with Crippen LogP contribution in [0.2, 0.25) is 5.02 Å². The van der Waals surface area contributed by atoms with E-state index in [2.05, 4.69) is 5.32 Å². The quantitative estimate of drug-likeness (QED) is 0.916. The zero-order valence-corrected chi connectivity index (χ0v) is 14.2. The normalized spacial score (nSPS) is 21.1. The van der Waals surface area contributed by atoms with Gasteiger partial charge in [-0.15, -0.1) is 0 Å². The second-order valence-corrected chi connectivity index (χ2v) is 7.82. The summed E-state index contributed by atoms with van der Waals surface area (Å²) in [6, 6.07) is 7.05. The van der Waals surface area contributed by atoms with Gasteiger partial charge >= 0.3 is 0 Å². The van der Waals surface area contributed by atoms with Crippen molar-refractivity contribution in [2.24, 2.45) is 0 Å². The average Bonchev–Trinajstić information content (AvgIpc) is 2.47. The number of nitrogens with one attached hydrogen (secondary N) is 1. The highest BCUT2D eigenvalue weighted by atomic mass is 35.5. The summed E-state index contributed by atoms with van der Waals surface area (Å²) in [5.74, 6) is 0. The summed E-state index contributed by atoms with van der Waals surface area (Å²) in [4.78, 5) is 0. The van der Waals surface area contributed by atoms with Gasteiger partial charge in [0.2, 0.25) is 0 Å². The lowest BCUT2D eigenvalue weighted by Crippen LogP contribution is -2.53. The first-order chi connectivity index (χ1) is 9.85. The van der Waals surface area contributed by atoms with Gasteiger partial charge in [0, 0.05) is 37.7 Å². The molecule has 0 saturated carbocycles. The van der Waals surface area contributed by atoms with E-state index < -0.39 is 10.2 Å². The van der Waals surface area contributed by atoms with Crippen LogP contribution < -0.4 is 5.32 Å². The van der Waals surface area contributed by atoms with Gasteiger partial charge in [0.25, 0.3) is 10.2 Å². The minimum Gasteiger partial charge on any atom is -0.313 e. The van der Waals surface area contributed by atoms with Gasteiger partial charge in [-0.1, -0.05) is 29.8 Å². The molecule has 1 heterocycles. The van der Waals surface area contributed by atoms with Crippen molar-refractivity contribution in [2.75, 3.05) is 26.7 Å². The van der Waals surface area contributed by atoms with Crippen LogP contribution in [-0.4, -0.2) is 49.8 Å². The maximum Gasteiger partial charge on any atom is 0.282 e. The van der Waals surface area contributed by atoms with Gasteiger partial charge < -0.3 is 5.32 Å². The van der Waals surface area contributed by atoms with Crippen molar-refractivity contribution >= 4 is 21.8 Å². The molecule has 1 aliphatic rings. The van der Waals surface area contributed by atoms with Crippen LogP contribution in [0.3, 0.4) is 0 Å². The number of hydrogen-bond donors (Lipinski definition) is 1. The third-order valence-corrected chi connectivity index (χ3v) is 6.37. The number of halogens is 1. The fourth-order valence-electron chi connectivity index (χ4n) is 2.40. The molecule has 1 atom stereocenters. The van der Waals surface area contributed by atoms with Crippen LogP contribution in [0, 0.1) is 0 Å². The van der Waals surface area contributed by atoms with E-state index >= 15 is 0 Å². The highest BCUT2D eigenvalue weighted by Crippen LogP contribution is 2.31. The van der Waals surface area contributed by atoms with E-state index in [1.165, 1.54) is 4.31 Å². The van der Waals surface area contributed by atoms with Gasteiger partial charge in [0.05, 0.1) is 6.04 Å². The Hall–Kier alpha value is -0.660. The van der Waals surface area contributed by atoms with Crippen LogP contribution in [0.4, 0.5) is 0 Å². The summed E-state index contributed by atoms with van der Waals surface area (Å²) in [6.45, 7) is 5.38. The first-order valence-corrected chi connectivity index (χ1v) is 8.83. The van der Waals surface area contributed by atoms with E-state index in [9.17, 15) is 8.42 Å². The Morgan fingerprint density at radius 2 is 2.05 bits per heavy atom. The average molecular weight is 332 g/mol. The van der Waals surface area contributed by atoms with Crippen molar-refractivity contribution in [1.29, 1.82) is 0 Å². The molecule has 5 nitrogen and oxygen atoms in total. The molecule has 1 aromatic rings. The number of benzene rings is 1. The highest BCUT2D eigenvalue weighted by molar-refractivity contribution is 7.86. The summed E-state index contributed by atoms with van der Waals surface area (Å²) < 4.78 is 28.6. The zero-order valence-electron chi connectivity index (χ0n) is 12.6. The highest BCUT2D eigenvalue weighted by Gasteiger charge is 2.37. The minimum atomic E-state index is -3.51. The first-order valence-electron chi connectivity index (χ1n) is 7.05. The molecule has 1 aromatic carbocycles. The zero-order chi connectivity index (χ0) is 15.6. The summed E-state index contributed by atoms with van der Waals surface area (Å²) in [5.41, 5.74) is 0.840. The van der Waals surface area contributed by atoms with Crippen LogP contribution in [-0.2, 0) is 10.2 Å². The molecule has 0 bridgehead atoms. The SMILES string of the molecule is CC(C)N(C)S(=O)(=O)N1CCNCC1c1ccccc1Cl. The van der Waals surface area contributed by atoms with Crippen LogP contribution in [0.25, 0.3) is 0 Å². The molecular formula is C14H22ClN3O2S. The number of rotatable bonds is 4. The molecular weight excluding hydrogens is 310 g/mol. The molecule has 1 fully saturated rings. The maximum atomic E-state index is 12.8. The van der Waals surface area contributed by atoms with E-state index in [0.717, 1.165) is 5.56 Å². The smallest absolute Gasteiger partial charge is 0.282 e. The van der Waals surface area contributed by atoms with Crippen LogP contribution in [0.1, 0.15) is 25.5 Å². The van der Waals surface area contributed by atoms with E-state index in [1.807, 2.05) is 32.0 Å². The Balaban J connectivity index is 2.39. The van der Waals surface area contributed by atoms with Crippen molar-refractivity contribution in [3.63, 3.8) is 0 Å². The summed E-state index contributed by atoms with van der Waals surface area (Å²) >= 11 is 6.25. The van der Waals surface area contributed by atoms with Gasteiger partial charge in [-0.05, 0) is 25.5 Å². The molecule has 21 heavy (non-hydrogen) atoms. The fraction of sp³-hybridized carbons (Fsp3) is 0.571. The summed E-state index contributed by atoms with van der Waals surface area (Å²) in [5, 5.41) is 3.84. The van der Waals surface area contributed by atoms with Crippen molar-refractivity contribution in [3.05, 3.63) is 34.9 Å². The van der Waals surface area contributed by atoms with Gasteiger partial charge in [-0.25, -0.2) is 0 Å². The van der Waals surface area contributed by atoms with Gasteiger partial charge in [0.1, 0.15) is 0 Å². The van der Waals surface area contributed by atoms with Gasteiger partial charge in [0.15, 0.2) is 0 Å². The minimum absolute atomic E-state index is 0.0863. The number of hydrogen-bond acceptors (Lipinski definition) is 3. The maximum absolute atomic E-state index is 12.8. The molecule has 1 aliphatic heterocycles. The van der Waals surface area contributed by atoms with Crippen molar-refractivity contribution in [1.82, 2.24) is 13.9 Å². The summed E-state index contributed by atoms with van der Waals surface area (Å²) in [7, 11) is -1.89. The van der Waals surface area contributed by atoms with Crippen molar-refractivity contribution < 1.29 is 8.42 Å². The standard InChI is InChI=1S/C14H22ClN3O2S/c1-11(2)17(3)21(19,20)18-9-8-16-10-14(18)12-6-4-5-7-13(12)15/h4-7,11,14,16H,8-10H2,1-3H3. The predicted octanol–water partition coefficient (Wildman–Crippen LogP) is 1.87. The number of piperazine rings is 1. The van der Waals surface area contributed by atoms with Crippen LogP contribution in [0.5, 0.6) is 0 Å². The second-order valence-electron chi connectivity index (χ2n) is 5.47. The number of nitrogens with zero attached hydrogens (tertiary/aromatic N) is 2. The molecule has 2 rings (SSSR count). The van der Waals surface area contributed by atoms with Gasteiger partial charge in [-0.2, -0.15) is 17.0 Å². The monoisotopic (exact) mass is 331 g/mol. The Kier molecular flexibility index (Phi) is 5.27. The molecule has 1 N–H and O–H groups in total. The first kappa shape index (κ1) is 16.7. The van der Waals surface area contributed by atoms with Crippen LogP contribution in [0.15, 0.2) is 24.3 Å². The lowest BCUT2D eigenvalue weighted by atomic mass is 10.1. The molecule has 0 aliphatic carbocycles. The Bertz CT molecular complexity index is 592. The third kappa shape index (κ3) is 3.40. The lowest BCUT2D eigenvalue weighted by Gasteiger charge is -2.38. The molecule has 118 valence electrons. The Morgan fingerprint density at radius 3 is 2.67 bits per heavy atom. The predicted molar refractivity (Wildman–Crippen MR) is 85.6 cm³/mol. The second kappa shape index (κ2) is 6.62. The van der Waals surface area contributed by atoms with Crippen LogP contribution >= 0.6 is 11.6 Å². The van der Waals surface area contributed by atoms with E-state index in [0.29, 0.717) is 24.7 Å². The van der Waals surface area contributed by atoms with Crippen molar-refractivity contribution in [2.45, 2.75) is 25.9 Å². The van der Waals surface area contributed by atoms with Gasteiger partial charge in [-0.3, -0.25) is 0 Å². The van der Waals surface area contributed by atoms with E-state index in [1.54, 1.807) is 17.4 Å². The lowest BCUT2D eigenvalue weighted by molar-refractivity contribution is 0.245. The van der Waals surface area contributed by atoms with Crippen molar-refractivity contribution in [3.8, 4) is 0 Å². The Labute approximate surface area is 132 Å². The topological polar surface area (TPSA) is 52.7 Å². The van der Waals surface area contributed by atoms with E-state index in [4.69, 9.17) is 11.6 Å². The molecule has 1 unspecified atom stereocenters. The molecule has 7 heteroatoms. The molecule has 1 saturated heterocycles. The molecule has 0 aromatic heterocycles. The molecule has 0 radical (unpaired) electrons.